The fourth-order valence-corrected chi connectivity index (χ4v) is 3.45. The van der Waals surface area contributed by atoms with Gasteiger partial charge in [-0.3, -0.25) is 4.79 Å². The first-order chi connectivity index (χ1) is 14.2. The zero-order valence-corrected chi connectivity index (χ0v) is 16.4. The van der Waals surface area contributed by atoms with E-state index in [1.54, 1.807) is 0 Å². The molecule has 0 N–H and O–H groups in total. The summed E-state index contributed by atoms with van der Waals surface area (Å²) in [6.45, 7) is 2.40. The summed E-state index contributed by atoms with van der Waals surface area (Å²) in [5.41, 5.74) is 10.8. The normalized spacial score (nSPS) is 23.5. The van der Waals surface area contributed by atoms with Gasteiger partial charge in [0.25, 0.3) is 0 Å². The Kier molecular flexibility index (Phi) is 7.78. The SMILES string of the molecule is CC(=O)C[C@H]1O[C@H](CN=[N+]=[N-])[C@@H](OCc2ccccc2)[C@H]1OCc1ccccc1. The Balaban J connectivity index is 1.76. The number of Topliss-reactive ketones (excluding diaryl/α,β-unsaturated/α-hetero) is 1. The third-order valence-electron chi connectivity index (χ3n) is 4.79. The minimum atomic E-state index is -0.472. The molecule has 3 rings (SSSR count). The molecular weight excluding hydrogens is 370 g/mol. The summed E-state index contributed by atoms with van der Waals surface area (Å²) < 4.78 is 18.4. The standard InChI is InChI=1S/C22H25N3O4/c1-16(26)12-19-21(27-14-17-8-4-2-5-9-17)22(20(29-19)13-24-25-23)28-15-18-10-6-3-7-11-18/h2-11,19-22H,12-15H2,1H3/t19-,20-,21+,22-/m1/s1. The van der Waals surface area contributed by atoms with Gasteiger partial charge < -0.3 is 14.2 Å². The quantitative estimate of drug-likeness (QED) is 0.342. The maximum atomic E-state index is 11.8. The molecule has 2 aromatic carbocycles. The first kappa shape index (κ1) is 21.0. The number of benzene rings is 2. The molecule has 1 aliphatic heterocycles. The maximum absolute atomic E-state index is 11.8. The van der Waals surface area contributed by atoms with Crippen LogP contribution >= 0.6 is 0 Å². The molecular formula is C22H25N3O4. The number of hydrogen-bond donors (Lipinski definition) is 0. The van der Waals surface area contributed by atoms with Crippen molar-refractivity contribution in [2.24, 2.45) is 5.11 Å². The summed E-state index contributed by atoms with van der Waals surface area (Å²) in [6.07, 6.45) is -1.59. The highest BCUT2D eigenvalue weighted by atomic mass is 16.6. The maximum Gasteiger partial charge on any atom is 0.132 e. The molecule has 1 heterocycles. The number of hydrogen-bond acceptors (Lipinski definition) is 5. The predicted octanol–water partition coefficient (Wildman–Crippen LogP) is 4.21. The van der Waals surface area contributed by atoms with Gasteiger partial charge in [0.05, 0.1) is 32.0 Å². The van der Waals surface area contributed by atoms with Gasteiger partial charge >= 0.3 is 0 Å². The zero-order valence-electron chi connectivity index (χ0n) is 16.4. The predicted molar refractivity (Wildman–Crippen MR) is 108 cm³/mol. The van der Waals surface area contributed by atoms with Crippen molar-refractivity contribution in [3.63, 3.8) is 0 Å². The Labute approximate surface area is 170 Å². The summed E-state index contributed by atoms with van der Waals surface area (Å²) in [5, 5.41) is 3.66. The summed E-state index contributed by atoms with van der Waals surface area (Å²) in [6, 6.07) is 19.6. The Morgan fingerprint density at radius 1 is 0.966 bits per heavy atom. The second kappa shape index (κ2) is 10.7. The minimum absolute atomic E-state index is 0.00885. The lowest BCUT2D eigenvalue weighted by Gasteiger charge is -2.24. The third kappa shape index (κ3) is 6.14. The van der Waals surface area contributed by atoms with Crippen LogP contribution in [0, 0.1) is 0 Å². The largest absolute Gasteiger partial charge is 0.369 e. The molecule has 7 nitrogen and oxygen atoms in total. The first-order valence-corrected chi connectivity index (χ1v) is 9.64. The van der Waals surface area contributed by atoms with Crippen molar-refractivity contribution < 1.29 is 19.0 Å². The number of ether oxygens (including phenoxy) is 3. The average Bonchev–Trinajstić information content (AvgIpc) is 3.06. The number of carbonyl (C=O) groups excluding carboxylic acids is 1. The molecule has 0 amide bonds. The lowest BCUT2D eigenvalue weighted by Crippen LogP contribution is -2.38. The van der Waals surface area contributed by atoms with E-state index in [1.807, 2.05) is 60.7 Å². The highest BCUT2D eigenvalue weighted by Gasteiger charge is 2.46. The fourth-order valence-electron chi connectivity index (χ4n) is 3.45. The Morgan fingerprint density at radius 2 is 1.48 bits per heavy atom. The van der Waals surface area contributed by atoms with Gasteiger partial charge in [0.1, 0.15) is 18.0 Å². The van der Waals surface area contributed by atoms with E-state index in [2.05, 4.69) is 10.0 Å². The molecule has 0 saturated carbocycles. The van der Waals surface area contributed by atoms with Crippen LogP contribution in [0.4, 0.5) is 0 Å². The first-order valence-electron chi connectivity index (χ1n) is 9.64. The van der Waals surface area contributed by atoms with Gasteiger partial charge in [0.15, 0.2) is 0 Å². The van der Waals surface area contributed by atoms with E-state index in [1.165, 1.54) is 6.92 Å². The van der Waals surface area contributed by atoms with E-state index in [9.17, 15) is 4.79 Å². The van der Waals surface area contributed by atoms with Crippen molar-refractivity contribution in [1.29, 1.82) is 0 Å². The number of azide groups is 1. The molecule has 7 heteroatoms. The Hall–Kier alpha value is -2.70. The third-order valence-corrected chi connectivity index (χ3v) is 4.79. The molecule has 29 heavy (non-hydrogen) atoms. The van der Waals surface area contributed by atoms with Gasteiger partial charge in [0.2, 0.25) is 0 Å². The van der Waals surface area contributed by atoms with E-state index >= 15 is 0 Å². The van der Waals surface area contributed by atoms with Gasteiger partial charge in [-0.05, 0) is 23.6 Å². The van der Waals surface area contributed by atoms with Crippen molar-refractivity contribution >= 4 is 5.78 Å². The highest BCUT2D eigenvalue weighted by molar-refractivity contribution is 5.76. The van der Waals surface area contributed by atoms with Gasteiger partial charge in [-0.25, -0.2) is 0 Å². The van der Waals surface area contributed by atoms with Gasteiger partial charge in [-0.15, -0.1) is 0 Å². The molecule has 0 aliphatic carbocycles. The van der Waals surface area contributed by atoms with Crippen LogP contribution in [0.2, 0.25) is 0 Å². The molecule has 1 saturated heterocycles. The van der Waals surface area contributed by atoms with Crippen molar-refractivity contribution in [2.45, 2.75) is 51.0 Å². The summed E-state index contributed by atoms with van der Waals surface area (Å²) >= 11 is 0. The number of ketones is 1. The van der Waals surface area contributed by atoms with Crippen LogP contribution in [0.1, 0.15) is 24.5 Å². The summed E-state index contributed by atoms with van der Waals surface area (Å²) in [4.78, 5) is 14.6. The average molecular weight is 395 g/mol. The van der Waals surface area contributed by atoms with E-state index in [0.29, 0.717) is 13.2 Å². The van der Waals surface area contributed by atoms with Gasteiger partial charge in [-0.2, -0.15) is 0 Å². The van der Waals surface area contributed by atoms with Crippen molar-refractivity contribution in [1.82, 2.24) is 0 Å². The van der Waals surface area contributed by atoms with Crippen LogP contribution < -0.4 is 0 Å². The fraction of sp³-hybridized carbons (Fsp3) is 0.409. The number of carbonyl (C=O) groups is 1. The molecule has 0 spiro atoms. The van der Waals surface area contributed by atoms with E-state index in [-0.39, 0.29) is 18.7 Å². The van der Waals surface area contributed by atoms with Crippen molar-refractivity contribution in [3.8, 4) is 0 Å². The smallest absolute Gasteiger partial charge is 0.132 e. The monoisotopic (exact) mass is 395 g/mol. The lowest BCUT2D eigenvalue weighted by molar-refractivity contribution is -0.122. The molecule has 0 bridgehead atoms. The van der Waals surface area contributed by atoms with Crippen LogP contribution in [0.5, 0.6) is 0 Å². The molecule has 0 radical (unpaired) electrons. The number of rotatable bonds is 10. The molecule has 1 aliphatic rings. The highest BCUT2D eigenvalue weighted by Crippen LogP contribution is 2.30. The van der Waals surface area contributed by atoms with Crippen LogP contribution in [0.25, 0.3) is 10.4 Å². The molecule has 0 unspecified atom stereocenters. The van der Waals surface area contributed by atoms with Gasteiger partial charge in [0, 0.05) is 11.3 Å². The van der Waals surface area contributed by atoms with Crippen LogP contribution in [-0.2, 0) is 32.2 Å². The molecule has 2 aromatic rings. The Bertz CT molecular complexity index is 769. The van der Waals surface area contributed by atoms with Gasteiger partial charge in [-0.1, -0.05) is 65.8 Å². The molecule has 152 valence electrons. The van der Waals surface area contributed by atoms with E-state index in [4.69, 9.17) is 19.7 Å². The van der Waals surface area contributed by atoms with Crippen LogP contribution in [0.3, 0.4) is 0 Å². The number of nitrogens with zero attached hydrogens (tertiary/aromatic N) is 3. The zero-order chi connectivity index (χ0) is 20.5. The molecule has 0 aromatic heterocycles. The van der Waals surface area contributed by atoms with Crippen molar-refractivity contribution in [2.75, 3.05) is 6.54 Å². The Morgan fingerprint density at radius 3 is 1.97 bits per heavy atom. The molecule has 1 fully saturated rings. The second-order valence-corrected chi connectivity index (χ2v) is 7.06. The minimum Gasteiger partial charge on any atom is -0.369 e. The molecule has 4 atom stereocenters. The van der Waals surface area contributed by atoms with Crippen LogP contribution in [0.15, 0.2) is 65.8 Å². The van der Waals surface area contributed by atoms with Crippen molar-refractivity contribution in [3.05, 3.63) is 82.2 Å². The summed E-state index contributed by atoms with van der Waals surface area (Å²) in [7, 11) is 0. The summed E-state index contributed by atoms with van der Waals surface area (Å²) in [5.74, 6) is 0.00885. The lowest BCUT2D eigenvalue weighted by atomic mass is 10.0. The topological polar surface area (TPSA) is 93.5 Å². The van der Waals surface area contributed by atoms with Crippen LogP contribution in [-0.4, -0.2) is 36.7 Å². The second-order valence-electron chi connectivity index (χ2n) is 7.06. The van der Waals surface area contributed by atoms with E-state index in [0.717, 1.165) is 11.1 Å². The van der Waals surface area contributed by atoms with E-state index < -0.39 is 24.4 Å².